The van der Waals surface area contributed by atoms with Crippen molar-refractivity contribution in [1.82, 2.24) is 20.4 Å². The number of aromatic nitrogens is 2. The molecule has 0 aliphatic carbocycles. The van der Waals surface area contributed by atoms with Gasteiger partial charge in [-0.05, 0) is 58.7 Å². The lowest BCUT2D eigenvalue weighted by Gasteiger charge is -2.26. The van der Waals surface area contributed by atoms with Gasteiger partial charge in [-0.3, -0.25) is 9.67 Å². The lowest BCUT2D eigenvalue weighted by Crippen LogP contribution is -2.44. The molecule has 2 aromatic rings. The average Bonchev–Trinajstić information content (AvgIpc) is 2.92. The van der Waals surface area contributed by atoms with E-state index in [1.54, 1.807) is 0 Å². The van der Waals surface area contributed by atoms with Crippen molar-refractivity contribution in [3.63, 3.8) is 0 Å². The van der Waals surface area contributed by atoms with Gasteiger partial charge in [0.2, 0.25) is 0 Å². The van der Waals surface area contributed by atoms with E-state index in [4.69, 9.17) is 4.99 Å². The average molecular weight is 385 g/mol. The highest BCUT2D eigenvalue weighted by Gasteiger charge is 2.15. The number of hydrogen-bond donors (Lipinski definition) is 2. The Labute approximate surface area is 170 Å². The number of anilines is 1. The molecule has 0 amide bonds. The van der Waals surface area contributed by atoms with Gasteiger partial charge in [-0.25, -0.2) is 0 Å². The highest BCUT2D eigenvalue weighted by Crippen LogP contribution is 2.15. The van der Waals surface area contributed by atoms with Gasteiger partial charge in [0.25, 0.3) is 0 Å². The summed E-state index contributed by atoms with van der Waals surface area (Å²) in [4.78, 5) is 7.09. The summed E-state index contributed by atoms with van der Waals surface area (Å²) in [5.74, 6) is 0.863. The van der Waals surface area contributed by atoms with E-state index >= 15 is 0 Å². The first-order valence-corrected chi connectivity index (χ1v) is 10.1. The van der Waals surface area contributed by atoms with E-state index in [1.807, 2.05) is 17.8 Å². The number of benzene rings is 1. The maximum Gasteiger partial charge on any atom is 0.191 e. The van der Waals surface area contributed by atoms with Crippen LogP contribution in [0.25, 0.3) is 0 Å². The van der Waals surface area contributed by atoms with E-state index < -0.39 is 0 Å². The number of guanidine groups is 1. The van der Waals surface area contributed by atoms with Gasteiger partial charge in [-0.1, -0.05) is 18.2 Å². The van der Waals surface area contributed by atoms with Crippen molar-refractivity contribution in [1.29, 1.82) is 0 Å². The summed E-state index contributed by atoms with van der Waals surface area (Å²) in [6, 6.07) is 11.0. The number of aliphatic imine (C=N–C) groups is 1. The first-order valence-electron chi connectivity index (χ1n) is 10.1. The topological polar surface area (TPSA) is 57.5 Å². The molecule has 1 heterocycles. The molecule has 1 aromatic heterocycles. The number of para-hydroxylation sites is 1. The predicted molar refractivity (Wildman–Crippen MR) is 119 cm³/mol. The molecule has 2 unspecified atom stereocenters. The minimum Gasteiger partial charge on any atom is -0.370 e. The zero-order chi connectivity index (χ0) is 20.7. The minimum absolute atomic E-state index is 0.265. The van der Waals surface area contributed by atoms with E-state index in [2.05, 4.69) is 86.6 Å². The Morgan fingerprint density at radius 3 is 2.46 bits per heavy atom. The van der Waals surface area contributed by atoms with Crippen LogP contribution in [0.15, 0.2) is 35.3 Å². The lowest BCUT2D eigenvalue weighted by atomic mass is 10.1. The van der Waals surface area contributed by atoms with Gasteiger partial charge in [-0.2, -0.15) is 5.10 Å². The van der Waals surface area contributed by atoms with Crippen LogP contribution in [-0.2, 0) is 13.5 Å². The van der Waals surface area contributed by atoms with Crippen LogP contribution in [0.1, 0.15) is 37.7 Å². The quantitative estimate of drug-likeness (QED) is 0.543. The Bertz CT molecular complexity index is 765. The molecule has 0 aliphatic heterocycles. The van der Waals surface area contributed by atoms with Gasteiger partial charge in [0.15, 0.2) is 5.96 Å². The number of rotatable bonds is 8. The van der Waals surface area contributed by atoms with E-state index in [9.17, 15) is 0 Å². The molecule has 0 fully saturated rings. The van der Waals surface area contributed by atoms with Gasteiger partial charge in [0.1, 0.15) is 0 Å². The molecule has 0 saturated heterocycles. The molecular weight excluding hydrogens is 348 g/mol. The van der Waals surface area contributed by atoms with Crippen LogP contribution in [0.3, 0.4) is 0 Å². The normalized spacial score (nSPS) is 13.9. The van der Waals surface area contributed by atoms with Gasteiger partial charge in [-0.15, -0.1) is 0 Å². The molecule has 0 spiro atoms. The van der Waals surface area contributed by atoms with Crippen LogP contribution < -0.4 is 15.5 Å². The number of nitrogens with zero attached hydrogens (tertiary/aromatic N) is 4. The van der Waals surface area contributed by atoms with Crippen molar-refractivity contribution in [2.75, 3.05) is 25.0 Å². The third kappa shape index (κ3) is 5.75. The Morgan fingerprint density at radius 2 is 1.89 bits per heavy atom. The van der Waals surface area contributed by atoms with E-state index in [0.717, 1.165) is 31.2 Å². The number of aryl methyl sites for hydroxylation is 2. The largest absolute Gasteiger partial charge is 0.370 e. The number of likely N-dealkylation sites (N-methyl/N-ethyl adjacent to an activating group) is 1. The van der Waals surface area contributed by atoms with Crippen LogP contribution >= 0.6 is 0 Å². The van der Waals surface area contributed by atoms with Crippen LogP contribution in [-0.4, -0.2) is 48.0 Å². The SMILES string of the molecule is CCNC(=NCC(C)N(C)c1ccccc1)NC(C)Cc1c(C)nn(C)c1C. The lowest BCUT2D eigenvalue weighted by molar-refractivity contribution is 0.628. The van der Waals surface area contributed by atoms with Crippen molar-refractivity contribution in [2.45, 2.75) is 53.1 Å². The Balaban J connectivity index is 1.99. The minimum atomic E-state index is 0.265. The van der Waals surface area contributed by atoms with Gasteiger partial charge >= 0.3 is 0 Å². The smallest absolute Gasteiger partial charge is 0.191 e. The second-order valence-corrected chi connectivity index (χ2v) is 7.54. The summed E-state index contributed by atoms with van der Waals surface area (Å²) < 4.78 is 1.96. The molecule has 0 bridgehead atoms. The van der Waals surface area contributed by atoms with Crippen LogP contribution in [0.4, 0.5) is 5.69 Å². The second kappa shape index (κ2) is 10.2. The maximum atomic E-state index is 4.82. The summed E-state index contributed by atoms with van der Waals surface area (Å²) in [5, 5.41) is 11.4. The van der Waals surface area contributed by atoms with Crippen molar-refractivity contribution >= 4 is 11.6 Å². The monoisotopic (exact) mass is 384 g/mol. The highest BCUT2D eigenvalue weighted by atomic mass is 15.3. The van der Waals surface area contributed by atoms with Crippen molar-refractivity contribution in [3.8, 4) is 0 Å². The highest BCUT2D eigenvalue weighted by molar-refractivity contribution is 5.80. The zero-order valence-electron chi connectivity index (χ0n) is 18.5. The summed E-state index contributed by atoms with van der Waals surface area (Å²) in [5.41, 5.74) is 4.86. The number of hydrogen-bond acceptors (Lipinski definition) is 3. The van der Waals surface area contributed by atoms with Gasteiger partial charge in [0, 0.05) is 44.1 Å². The molecule has 28 heavy (non-hydrogen) atoms. The van der Waals surface area contributed by atoms with E-state index in [1.165, 1.54) is 16.9 Å². The van der Waals surface area contributed by atoms with E-state index in [0.29, 0.717) is 6.04 Å². The summed E-state index contributed by atoms with van der Waals surface area (Å²) >= 11 is 0. The van der Waals surface area contributed by atoms with Crippen molar-refractivity contribution in [2.24, 2.45) is 12.0 Å². The fourth-order valence-corrected chi connectivity index (χ4v) is 3.29. The predicted octanol–water partition coefficient (Wildman–Crippen LogP) is 3.05. The third-order valence-electron chi connectivity index (χ3n) is 5.23. The third-order valence-corrected chi connectivity index (χ3v) is 5.23. The standard InChI is InChI=1S/C22H36N6/c1-8-23-22(24-15-17(3)27(6)20-12-10-9-11-13-20)25-16(2)14-21-18(4)26-28(7)19(21)5/h9-13,16-17H,8,14-15H2,1-7H3,(H2,23,24,25). The van der Waals surface area contributed by atoms with Gasteiger partial charge in [0.05, 0.1) is 12.2 Å². The van der Waals surface area contributed by atoms with E-state index in [-0.39, 0.29) is 6.04 Å². The molecule has 2 N–H and O–H groups in total. The Morgan fingerprint density at radius 1 is 1.21 bits per heavy atom. The molecule has 2 atom stereocenters. The van der Waals surface area contributed by atoms with Crippen molar-refractivity contribution < 1.29 is 0 Å². The number of nitrogens with one attached hydrogen (secondary N) is 2. The first-order chi connectivity index (χ1) is 13.3. The first kappa shape index (κ1) is 21.8. The fourth-order valence-electron chi connectivity index (χ4n) is 3.29. The van der Waals surface area contributed by atoms with Crippen molar-refractivity contribution in [3.05, 3.63) is 47.3 Å². The van der Waals surface area contributed by atoms with Crippen LogP contribution in [0.5, 0.6) is 0 Å². The Hall–Kier alpha value is -2.50. The van der Waals surface area contributed by atoms with Crippen LogP contribution in [0, 0.1) is 13.8 Å². The molecule has 0 saturated carbocycles. The van der Waals surface area contributed by atoms with Crippen LogP contribution in [0.2, 0.25) is 0 Å². The molecule has 0 aliphatic rings. The summed E-state index contributed by atoms with van der Waals surface area (Å²) in [6.07, 6.45) is 0.926. The molecule has 0 radical (unpaired) electrons. The molecular formula is C22H36N6. The Kier molecular flexibility index (Phi) is 7.91. The molecule has 2 rings (SSSR count). The molecule has 1 aromatic carbocycles. The zero-order valence-corrected chi connectivity index (χ0v) is 18.5. The molecule has 154 valence electrons. The summed E-state index contributed by atoms with van der Waals surface area (Å²) in [6.45, 7) is 12.3. The fraction of sp³-hybridized carbons (Fsp3) is 0.545. The molecule has 6 heteroatoms. The maximum absolute atomic E-state index is 4.82. The molecule has 6 nitrogen and oxygen atoms in total. The van der Waals surface area contributed by atoms with Gasteiger partial charge < -0.3 is 15.5 Å². The second-order valence-electron chi connectivity index (χ2n) is 7.54. The summed E-state index contributed by atoms with van der Waals surface area (Å²) in [7, 11) is 4.12.